The Kier molecular flexibility index (Phi) is 1.67. The fraction of sp³-hybridized carbons (Fsp3) is 0.571. The highest BCUT2D eigenvalue weighted by Crippen LogP contribution is 2.25. The summed E-state index contributed by atoms with van der Waals surface area (Å²) in [4.78, 5) is 10.7. The van der Waals surface area contributed by atoms with Crippen LogP contribution in [0, 0.1) is 5.92 Å². The quantitative estimate of drug-likeness (QED) is 0.520. The normalized spacial score (nSPS) is 27.4. The van der Waals surface area contributed by atoms with Crippen molar-refractivity contribution in [1.29, 1.82) is 0 Å². The number of carbonyl (C=O) groups is 1. The molecule has 0 radical (unpaired) electrons. The number of ketones is 1. The van der Waals surface area contributed by atoms with Gasteiger partial charge in [0.25, 0.3) is 0 Å². The van der Waals surface area contributed by atoms with Crippen LogP contribution in [0.1, 0.15) is 12.8 Å². The molecular formula is C7H10O2. The van der Waals surface area contributed by atoms with Crippen LogP contribution in [0.15, 0.2) is 12.2 Å². The largest absolute Gasteiger partial charge is 0.396 e. The van der Waals surface area contributed by atoms with E-state index in [1.807, 2.05) is 0 Å². The van der Waals surface area contributed by atoms with Gasteiger partial charge in [-0.15, -0.1) is 0 Å². The van der Waals surface area contributed by atoms with Crippen LogP contribution in [0.2, 0.25) is 0 Å². The van der Waals surface area contributed by atoms with Crippen LogP contribution in [0.3, 0.4) is 0 Å². The first-order valence-corrected chi connectivity index (χ1v) is 3.04. The van der Waals surface area contributed by atoms with Crippen molar-refractivity contribution in [2.24, 2.45) is 5.92 Å². The molecule has 2 heteroatoms. The van der Waals surface area contributed by atoms with Crippen LogP contribution in [0.25, 0.3) is 0 Å². The number of rotatable bonds is 1. The minimum Gasteiger partial charge on any atom is -0.396 e. The molecule has 0 aromatic carbocycles. The van der Waals surface area contributed by atoms with Gasteiger partial charge in [0.2, 0.25) is 0 Å². The van der Waals surface area contributed by atoms with Crippen LogP contribution < -0.4 is 0 Å². The van der Waals surface area contributed by atoms with E-state index < -0.39 is 0 Å². The van der Waals surface area contributed by atoms with Gasteiger partial charge in [0, 0.05) is 18.8 Å². The zero-order chi connectivity index (χ0) is 6.85. The molecule has 9 heavy (non-hydrogen) atoms. The smallest absolute Gasteiger partial charge is 0.137 e. The van der Waals surface area contributed by atoms with Crippen LogP contribution in [0.4, 0.5) is 0 Å². The van der Waals surface area contributed by atoms with Gasteiger partial charge in [0.15, 0.2) is 0 Å². The van der Waals surface area contributed by atoms with Gasteiger partial charge in [-0.3, -0.25) is 4.79 Å². The number of carbonyl (C=O) groups excluding carboxylic acids is 1. The van der Waals surface area contributed by atoms with Gasteiger partial charge in [0.1, 0.15) is 5.78 Å². The van der Waals surface area contributed by atoms with Crippen LogP contribution in [-0.4, -0.2) is 17.5 Å². The van der Waals surface area contributed by atoms with Crippen molar-refractivity contribution < 1.29 is 9.90 Å². The highest BCUT2D eigenvalue weighted by Gasteiger charge is 2.24. The fourth-order valence-corrected chi connectivity index (χ4v) is 1.08. The van der Waals surface area contributed by atoms with E-state index >= 15 is 0 Å². The molecule has 1 atom stereocenters. The molecule has 1 unspecified atom stereocenters. The maximum absolute atomic E-state index is 10.7. The summed E-state index contributed by atoms with van der Waals surface area (Å²) in [5.74, 6) is 0.261. The molecule has 0 amide bonds. The molecule has 1 fully saturated rings. The Morgan fingerprint density at radius 3 is 2.67 bits per heavy atom. The lowest BCUT2D eigenvalue weighted by Gasteiger charge is -2.01. The predicted molar refractivity (Wildman–Crippen MR) is 34.0 cm³/mol. The molecule has 0 saturated heterocycles. The summed E-state index contributed by atoms with van der Waals surface area (Å²) < 4.78 is 0. The number of hydrogen-bond acceptors (Lipinski definition) is 2. The molecule has 0 aromatic heterocycles. The van der Waals surface area contributed by atoms with Crippen molar-refractivity contribution in [1.82, 2.24) is 0 Å². The third kappa shape index (κ3) is 1.19. The standard InChI is InChI=1S/C7H10O2/c1-5-2-7(9)3-6(5)4-8/h6,8H,1-4H2. The van der Waals surface area contributed by atoms with Crippen molar-refractivity contribution in [2.45, 2.75) is 12.8 Å². The highest BCUT2D eigenvalue weighted by molar-refractivity contribution is 5.84. The Morgan fingerprint density at radius 2 is 2.44 bits per heavy atom. The molecule has 50 valence electrons. The maximum Gasteiger partial charge on any atom is 0.137 e. The SMILES string of the molecule is C=C1CC(=O)CC1CO. The van der Waals surface area contributed by atoms with Gasteiger partial charge < -0.3 is 5.11 Å². The summed E-state index contributed by atoms with van der Waals surface area (Å²) in [6.45, 7) is 3.75. The first-order chi connectivity index (χ1) is 4.24. The third-order valence-corrected chi connectivity index (χ3v) is 1.70. The van der Waals surface area contributed by atoms with Crippen LogP contribution in [-0.2, 0) is 4.79 Å². The Labute approximate surface area is 54.2 Å². The van der Waals surface area contributed by atoms with Crippen LogP contribution in [0.5, 0.6) is 0 Å². The summed E-state index contributed by atoms with van der Waals surface area (Å²) in [5.41, 5.74) is 0.891. The predicted octanol–water partition coefficient (Wildman–Crippen LogP) is 0.514. The molecule has 1 N–H and O–H groups in total. The Hall–Kier alpha value is -0.630. The zero-order valence-corrected chi connectivity index (χ0v) is 5.26. The molecule has 1 rings (SSSR count). The lowest BCUT2D eigenvalue weighted by atomic mass is 10.1. The minimum absolute atomic E-state index is 0.0532. The van der Waals surface area contributed by atoms with Gasteiger partial charge in [0.05, 0.1) is 6.61 Å². The van der Waals surface area contributed by atoms with Crippen molar-refractivity contribution in [3.8, 4) is 0 Å². The van der Waals surface area contributed by atoms with Crippen molar-refractivity contribution >= 4 is 5.78 Å². The van der Waals surface area contributed by atoms with Crippen molar-refractivity contribution in [3.05, 3.63) is 12.2 Å². The second-order valence-corrected chi connectivity index (χ2v) is 2.46. The van der Waals surface area contributed by atoms with Crippen molar-refractivity contribution in [3.63, 3.8) is 0 Å². The molecular weight excluding hydrogens is 116 g/mol. The maximum atomic E-state index is 10.7. The molecule has 0 aliphatic heterocycles. The Balaban J connectivity index is 2.58. The molecule has 0 spiro atoms. The third-order valence-electron chi connectivity index (χ3n) is 1.70. The first-order valence-electron chi connectivity index (χ1n) is 3.04. The summed E-state index contributed by atoms with van der Waals surface area (Å²) in [7, 11) is 0. The van der Waals surface area contributed by atoms with E-state index in [1.165, 1.54) is 0 Å². The second kappa shape index (κ2) is 2.31. The zero-order valence-electron chi connectivity index (χ0n) is 5.26. The van der Waals surface area contributed by atoms with E-state index in [-0.39, 0.29) is 18.3 Å². The highest BCUT2D eigenvalue weighted by atomic mass is 16.3. The number of aliphatic hydroxyl groups is 1. The van der Waals surface area contributed by atoms with E-state index in [0.717, 1.165) is 5.57 Å². The lowest BCUT2D eigenvalue weighted by molar-refractivity contribution is -0.117. The van der Waals surface area contributed by atoms with E-state index in [4.69, 9.17) is 5.11 Å². The topological polar surface area (TPSA) is 37.3 Å². The van der Waals surface area contributed by atoms with Gasteiger partial charge in [-0.25, -0.2) is 0 Å². The molecule has 0 bridgehead atoms. The van der Waals surface area contributed by atoms with E-state index in [0.29, 0.717) is 12.8 Å². The van der Waals surface area contributed by atoms with Gasteiger partial charge in [-0.05, 0) is 0 Å². The fourth-order valence-electron chi connectivity index (χ4n) is 1.08. The molecule has 1 aliphatic carbocycles. The first kappa shape index (κ1) is 6.49. The van der Waals surface area contributed by atoms with Gasteiger partial charge >= 0.3 is 0 Å². The van der Waals surface area contributed by atoms with Crippen molar-refractivity contribution in [2.75, 3.05) is 6.61 Å². The molecule has 1 saturated carbocycles. The molecule has 0 heterocycles. The van der Waals surface area contributed by atoms with E-state index in [2.05, 4.69) is 6.58 Å². The van der Waals surface area contributed by atoms with Crippen LogP contribution >= 0.6 is 0 Å². The Bertz CT molecular complexity index is 149. The average molecular weight is 126 g/mol. The monoisotopic (exact) mass is 126 g/mol. The minimum atomic E-state index is 0.0532. The van der Waals surface area contributed by atoms with Gasteiger partial charge in [-0.1, -0.05) is 12.2 Å². The number of Topliss-reactive ketones (excluding diaryl/α,β-unsaturated/α-hetero) is 1. The summed E-state index contributed by atoms with van der Waals surface area (Å²) in [6, 6.07) is 0. The molecule has 1 aliphatic rings. The molecule has 2 nitrogen and oxygen atoms in total. The summed E-state index contributed by atoms with van der Waals surface area (Å²) in [6.07, 6.45) is 0.973. The summed E-state index contributed by atoms with van der Waals surface area (Å²) >= 11 is 0. The van der Waals surface area contributed by atoms with E-state index in [1.54, 1.807) is 0 Å². The molecule has 0 aromatic rings. The number of hydrogen-bond donors (Lipinski definition) is 1. The van der Waals surface area contributed by atoms with E-state index in [9.17, 15) is 4.79 Å². The Morgan fingerprint density at radius 1 is 1.78 bits per heavy atom. The second-order valence-electron chi connectivity index (χ2n) is 2.46. The van der Waals surface area contributed by atoms with Gasteiger partial charge in [-0.2, -0.15) is 0 Å². The lowest BCUT2D eigenvalue weighted by Crippen LogP contribution is -2.01. The number of aliphatic hydroxyl groups excluding tert-OH is 1. The average Bonchev–Trinajstić information content (AvgIpc) is 2.10. The summed E-state index contributed by atoms with van der Waals surface area (Å²) in [5, 5.41) is 8.64.